The summed E-state index contributed by atoms with van der Waals surface area (Å²) in [5, 5.41) is 3.16. The lowest BCUT2D eigenvalue weighted by molar-refractivity contribution is -0.120. The largest absolute Gasteiger partial charge is 0.326 e. The van der Waals surface area contributed by atoms with Gasteiger partial charge in [-0.25, -0.2) is 0 Å². The molecule has 1 aromatic rings. The van der Waals surface area contributed by atoms with Gasteiger partial charge in [0, 0.05) is 11.6 Å². The zero-order valence-electron chi connectivity index (χ0n) is 12.1. The number of hydrogen-bond acceptors (Lipinski definition) is 1. The van der Waals surface area contributed by atoms with Crippen LogP contribution in [0.15, 0.2) is 24.3 Å². The first-order valence-electron chi connectivity index (χ1n) is 7.62. The minimum absolute atomic E-state index is 0.218. The first-order valence-corrected chi connectivity index (χ1v) is 7.62. The zero-order valence-corrected chi connectivity index (χ0v) is 12.1. The van der Waals surface area contributed by atoms with Crippen molar-refractivity contribution in [2.24, 2.45) is 5.92 Å². The summed E-state index contributed by atoms with van der Waals surface area (Å²) in [6, 6.07) is 8.22. The second-order valence-corrected chi connectivity index (χ2v) is 5.72. The van der Waals surface area contributed by atoms with E-state index in [1.165, 1.54) is 24.8 Å². The monoisotopic (exact) mass is 259 g/mol. The predicted octanol–water partition coefficient (Wildman–Crippen LogP) is 4.72. The van der Waals surface area contributed by atoms with Crippen LogP contribution in [0, 0.1) is 5.92 Å². The fraction of sp³-hybridized carbons (Fsp3) is 0.588. The van der Waals surface area contributed by atoms with Gasteiger partial charge in [0.15, 0.2) is 0 Å². The summed E-state index contributed by atoms with van der Waals surface area (Å²) in [4.78, 5) is 12.3. The third-order valence-electron chi connectivity index (χ3n) is 4.34. The van der Waals surface area contributed by atoms with Crippen molar-refractivity contribution >= 4 is 11.6 Å². The molecule has 1 atom stereocenters. The summed E-state index contributed by atoms with van der Waals surface area (Å²) in [5.41, 5.74) is 2.27. The third-order valence-corrected chi connectivity index (χ3v) is 4.34. The van der Waals surface area contributed by atoms with E-state index in [9.17, 15) is 4.79 Å². The standard InChI is InChI=1S/C17H25NO/c1-3-13(2)15-11-7-8-12-16(15)18-17(19)14-9-5-4-6-10-14/h7-8,11-14H,3-6,9-10H2,1-2H3,(H,18,19)/t13-/m1/s1. The average Bonchev–Trinajstić information content (AvgIpc) is 2.48. The van der Waals surface area contributed by atoms with E-state index in [1.807, 2.05) is 12.1 Å². The molecule has 0 spiro atoms. The van der Waals surface area contributed by atoms with Gasteiger partial charge in [0.25, 0.3) is 0 Å². The van der Waals surface area contributed by atoms with Crippen LogP contribution in [0.25, 0.3) is 0 Å². The molecule has 1 aliphatic rings. The van der Waals surface area contributed by atoms with Gasteiger partial charge in [0.05, 0.1) is 0 Å². The summed E-state index contributed by atoms with van der Waals surface area (Å²) < 4.78 is 0. The maximum Gasteiger partial charge on any atom is 0.227 e. The lowest BCUT2D eigenvalue weighted by Gasteiger charge is -2.22. The van der Waals surface area contributed by atoms with Crippen LogP contribution in [-0.4, -0.2) is 5.91 Å². The molecule has 1 amide bonds. The Bertz CT molecular complexity index is 421. The molecule has 0 aromatic heterocycles. The Morgan fingerprint density at radius 3 is 2.63 bits per heavy atom. The second-order valence-electron chi connectivity index (χ2n) is 5.72. The first-order chi connectivity index (χ1) is 9.22. The molecule has 2 nitrogen and oxygen atoms in total. The van der Waals surface area contributed by atoms with E-state index in [0.717, 1.165) is 24.9 Å². The van der Waals surface area contributed by atoms with Crippen molar-refractivity contribution in [3.8, 4) is 0 Å². The van der Waals surface area contributed by atoms with Crippen LogP contribution < -0.4 is 5.32 Å². The minimum atomic E-state index is 0.218. The molecule has 104 valence electrons. The van der Waals surface area contributed by atoms with Gasteiger partial charge < -0.3 is 5.32 Å². The van der Waals surface area contributed by atoms with Crippen molar-refractivity contribution in [2.45, 2.75) is 58.3 Å². The molecule has 19 heavy (non-hydrogen) atoms. The van der Waals surface area contributed by atoms with E-state index in [4.69, 9.17) is 0 Å². The van der Waals surface area contributed by atoms with E-state index in [0.29, 0.717) is 5.92 Å². The lowest BCUT2D eigenvalue weighted by Crippen LogP contribution is -2.25. The van der Waals surface area contributed by atoms with Gasteiger partial charge >= 0.3 is 0 Å². The Labute approximate surface area is 116 Å². The van der Waals surface area contributed by atoms with Crippen LogP contribution in [0.4, 0.5) is 5.69 Å². The molecule has 1 saturated carbocycles. The molecule has 0 heterocycles. The Morgan fingerprint density at radius 2 is 1.95 bits per heavy atom. The topological polar surface area (TPSA) is 29.1 Å². The van der Waals surface area contributed by atoms with Crippen molar-refractivity contribution in [1.82, 2.24) is 0 Å². The van der Waals surface area contributed by atoms with Gasteiger partial charge in [-0.1, -0.05) is 51.3 Å². The van der Waals surface area contributed by atoms with Crippen molar-refractivity contribution < 1.29 is 4.79 Å². The highest BCUT2D eigenvalue weighted by molar-refractivity contribution is 5.93. The number of anilines is 1. The fourth-order valence-corrected chi connectivity index (χ4v) is 2.86. The maximum atomic E-state index is 12.3. The van der Waals surface area contributed by atoms with Crippen LogP contribution in [-0.2, 0) is 4.79 Å². The molecule has 1 N–H and O–H groups in total. The van der Waals surface area contributed by atoms with Crippen molar-refractivity contribution in [3.63, 3.8) is 0 Å². The van der Waals surface area contributed by atoms with Gasteiger partial charge in [-0.05, 0) is 36.8 Å². The van der Waals surface area contributed by atoms with Gasteiger partial charge in [0.2, 0.25) is 5.91 Å². The molecule has 0 bridgehead atoms. The quantitative estimate of drug-likeness (QED) is 0.833. The number of carbonyl (C=O) groups excluding carboxylic acids is 1. The van der Waals surface area contributed by atoms with Gasteiger partial charge in [0.1, 0.15) is 0 Å². The molecule has 1 aliphatic carbocycles. The molecule has 2 rings (SSSR count). The third kappa shape index (κ3) is 3.59. The van der Waals surface area contributed by atoms with Crippen LogP contribution >= 0.6 is 0 Å². The highest BCUT2D eigenvalue weighted by Crippen LogP contribution is 2.29. The summed E-state index contributed by atoms with van der Waals surface area (Å²) in [7, 11) is 0. The Hall–Kier alpha value is -1.31. The number of hydrogen-bond donors (Lipinski definition) is 1. The van der Waals surface area contributed by atoms with E-state index < -0.39 is 0 Å². The normalized spacial score (nSPS) is 18.0. The van der Waals surface area contributed by atoms with E-state index in [-0.39, 0.29) is 11.8 Å². The molecule has 1 fully saturated rings. The van der Waals surface area contributed by atoms with Crippen molar-refractivity contribution in [3.05, 3.63) is 29.8 Å². The number of carbonyl (C=O) groups is 1. The molecule has 0 radical (unpaired) electrons. The maximum absolute atomic E-state index is 12.3. The number of benzene rings is 1. The molecule has 0 saturated heterocycles. The van der Waals surface area contributed by atoms with E-state index in [1.54, 1.807) is 0 Å². The van der Waals surface area contributed by atoms with Gasteiger partial charge in [-0.3, -0.25) is 4.79 Å². The van der Waals surface area contributed by atoms with Crippen LogP contribution in [0.5, 0.6) is 0 Å². The van der Waals surface area contributed by atoms with Crippen LogP contribution in [0.3, 0.4) is 0 Å². The van der Waals surface area contributed by atoms with Gasteiger partial charge in [-0.15, -0.1) is 0 Å². The highest BCUT2D eigenvalue weighted by Gasteiger charge is 2.22. The summed E-state index contributed by atoms with van der Waals surface area (Å²) in [5.74, 6) is 0.928. The van der Waals surface area contributed by atoms with Gasteiger partial charge in [-0.2, -0.15) is 0 Å². The SMILES string of the molecule is CC[C@@H](C)c1ccccc1NC(=O)C1CCCCC1. The average molecular weight is 259 g/mol. The van der Waals surface area contributed by atoms with E-state index in [2.05, 4.69) is 31.3 Å². The Morgan fingerprint density at radius 1 is 1.26 bits per heavy atom. The fourth-order valence-electron chi connectivity index (χ4n) is 2.86. The Balaban J connectivity index is 2.07. The predicted molar refractivity (Wildman–Crippen MR) is 80.4 cm³/mol. The summed E-state index contributed by atoms with van der Waals surface area (Å²) in [6.07, 6.45) is 6.88. The van der Waals surface area contributed by atoms with Crippen molar-refractivity contribution in [1.29, 1.82) is 0 Å². The molecule has 0 unspecified atom stereocenters. The summed E-state index contributed by atoms with van der Waals surface area (Å²) in [6.45, 7) is 4.40. The molecular weight excluding hydrogens is 234 g/mol. The molecule has 0 aliphatic heterocycles. The lowest BCUT2D eigenvalue weighted by atomic mass is 9.88. The summed E-state index contributed by atoms with van der Waals surface area (Å²) >= 11 is 0. The molecular formula is C17H25NO. The van der Waals surface area contributed by atoms with Crippen LogP contribution in [0.2, 0.25) is 0 Å². The highest BCUT2D eigenvalue weighted by atomic mass is 16.1. The number of rotatable bonds is 4. The smallest absolute Gasteiger partial charge is 0.227 e. The number of nitrogens with one attached hydrogen (secondary N) is 1. The minimum Gasteiger partial charge on any atom is -0.326 e. The first kappa shape index (κ1) is 14.1. The Kier molecular flexibility index (Phi) is 5.00. The zero-order chi connectivity index (χ0) is 13.7. The number of amides is 1. The molecule has 2 heteroatoms. The van der Waals surface area contributed by atoms with Crippen molar-refractivity contribution in [2.75, 3.05) is 5.32 Å². The number of para-hydroxylation sites is 1. The van der Waals surface area contributed by atoms with Crippen LogP contribution in [0.1, 0.15) is 63.9 Å². The second kappa shape index (κ2) is 6.74. The molecule has 1 aromatic carbocycles. The van der Waals surface area contributed by atoms with E-state index >= 15 is 0 Å².